The van der Waals surface area contributed by atoms with Crippen molar-refractivity contribution in [2.24, 2.45) is 10.2 Å². The minimum absolute atomic E-state index is 0.184. The molecule has 0 aliphatic carbocycles. The molecule has 0 amide bonds. The smallest absolute Gasteiger partial charge is 0.304 e. The quantitative estimate of drug-likeness (QED) is 0.618. The third kappa shape index (κ3) is 1.31. The Labute approximate surface area is 74.3 Å². The van der Waals surface area contributed by atoms with Crippen molar-refractivity contribution in [2.75, 3.05) is 0 Å². The monoisotopic (exact) mass is 179 g/mol. The van der Waals surface area contributed by atoms with Crippen molar-refractivity contribution in [2.45, 2.75) is 6.23 Å². The molecule has 2 heterocycles. The zero-order chi connectivity index (χ0) is 8.39. The van der Waals surface area contributed by atoms with Crippen molar-refractivity contribution in [1.82, 2.24) is 4.98 Å². The van der Waals surface area contributed by atoms with E-state index in [2.05, 4.69) is 15.2 Å². The van der Waals surface area contributed by atoms with Gasteiger partial charge < -0.3 is 4.74 Å². The second-order valence-electron chi connectivity index (χ2n) is 2.24. The molecule has 1 atom stereocenters. The van der Waals surface area contributed by atoms with E-state index in [1.165, 1.54) is 0 Å². The van der Waals surface area contributed by atoms with Crippen LogP contribution in [0.5, 0.6) is 0 Å². The zero-order valence-corrected chi connectivity index (χ0v) is 6.86. The maximum Gasteiger partial charge on any atom is 0.304 e. The molecule has 1 aromatic heterocycles. The predicted molar refractivity (Wildman–Crippen MR) is 45.5 cm³/mol. The van der Waals surface area contributed by atoms with Gasteiger partial charge >= 0.3 is 5.17 Å². The fourth-order valence-electron chi connectivity index (χ4n) is 0.899. The van der Waals surface area contributed by atoms with Crippen molar-refractivity contribution in [3.63, 3.8) is 0 Å². The lowest BCUT2D eigenvalue weighted by atomic mass is 10.2. The standard InChI is InChI=1S/C7H5N3OS/c12-7-10-9-6(11-7)5-2-1-3-8-4-5/h1-4,6H. The van der Waals surface area contributed by atoms with Crippen molar-refractivity contribution >= 4 is 17.4 Å². The van der Waals surface area contributed by atoms with Gasteiger partial charge in [0.2, 0.25) is 6.23 Å². The van der Waals surface area contributed by atoms with Gasteiger partial charge in [0.05, 0.1) is 0 Å². The Kier molecular flexibility index (Phi) is 1.79. The first-order chi connectivity index (χ1) is 5.86. The average Bonchev–Trinajstić information content (AvgIpc) is 2.54. The number of hydrogen-bond donors (Lipinski definition) is 0. The van der Waals surface area contributed by atoms with Crippen LogP contribution in [-0.4, -0.2) is 10.2 Å². The van der Waals surface area contributed by atoms with Crippen LogP contribution in [0.1, 0.15) is 11.8 Å². The first kappa shape index (κ1) is 7.30. The van der Waals surface area contributed by atoms with Gasteiger partial charge in [-0.05, 0) is 18.3 Å². The van der Waals surface area contributed by atoms with E-state index in [1.807, 2.05) is 12.1 Å². The highest BCUT2D eigenvalue weighted by molar-refractivity contribution is 7.80. The van der Waals surface area contributed by atoms with Crippen LogP contribution in [0.2, 0.25) is 0 Å². The van der Waals surface area contributed by atoms with Crippen molar-refractivity contribution < 1.29 is 4.74 Å². The number of aromatic nitrogens is 1. The number of thiocarbonyl (C=S) groups is 1. The second kappa shape index (κ2) is 2.94. The lowest BCUT2D eigenvalue weighted by molar-refractivity contribution is 0.227. The second-order valence-corrected chi connectivity index (χ2v) is 2.59. The minimum atomic E-state index is -0.397. The van der Waals surface area contributed by atoms with E-state index in [9.17, 15) is 0 Å². The maximum absolute atomic E-state index is 5.11. The maximum atomic E-state index is 5.11. The lowest BCUT2D eigenvalue weighted by Gasteiger charge is -2.03. The molecule has 60 valence electrons. The van der Waals surface area contributed by atoms with Gasteiger partial charge in [0.25, 0.3) is 0 Å². The Morgan fingerprint density at radius 3 is 3.00 bits per heavy atom. The largest absolute Gasteiger partial charge is 0.436 e. The molecule has 1 aromatic rings. The van der Waals surface area contributed by atoms with E-state index in [1.54, 1.807) is 12.4 Å². The summed E-state index contributed by atoms with van der Waals surface area (Å²) in [4.78, 5) is 3.93. The first-order valence-corrected chi connectivity index (χ1v) is 3.78. The number of hydrogen-bond acceptors (Lipinski definition) is 4. The molecule has 4 nitrogen and oxygen atoms in total. The fraction of sp³-hybridized carbons (Fsp3) is 0.143. The molecule has 1 unspecified atom stereocenters. The van der Waals surface area contributed by atoms with Gasteiger partial charge in [-0.2, -0.15) is 0 Å². The van der Waals surface area contributed by atoms with E-state index in [4.69, 9.17) is 17.0 Å². The Morgan fingerprint density at radius 1 is 1.50 bits per heavy atom. The van der Waals surface area contributed by atoms with Crippen LogP contribution in [-0.2, 0) is 4.74 Å². The molecule has 0 radical (unpaired) electrons. The Hall–Kier alpha value is -1.36. The van der Waals surface area contributed by atoms with Gasteiger partial charge in [0.1, 0.15) is 0 Å². The SMILES string of the molecule is S=C1N=NC(c2cccnc2)O1. The van der Waals surface area contributed by atoms with Gasteiger partial charge in [0.15, 0.2) is 0 Å². The van der Waals surface area contributed by atoms with Gasteiger partial charge in [-0.1, -0.05) is 6.07 Å². The molecule has 0 bridgehead atoms. The predicted octanol–water partition coefficient (Wildman–Crippen LogP) is 1.85. The number of pyridine rings is 1. The molecule has 0 saturated carbocycles. The van der Waals surface area contributed by atoms with Gasteiger partial charge in [-0.3, -0.25) is 4.98 Å². The minimum Gasteiger partial charge on any atom is -0.436 e. The van der Waals surface area contributed by atoms with E-state index >= 15 is 0 Å². The molecule has 2 rings (SSSR count). The zero-order valence-electron chi connectivity index (χ0n) is 6.04. The molecule has 1 aliphatic heterocycles. The molecule has 0 aromatic carbocycles. The van der Waals surface area contributed by atoms with Crippen LogP contribution in [0, 0.1) is 0 Å². The van der Waals surface area contributed by atoms with Gasteiger partial charge in [-0.15, -0.1) is 10.2 Å². The van der Waals surface area contributed by atoms with Crippen LogP contribution in [0.25, 0.3) is 0 Å². The highest BCUT2D eigenvalue weighted by atomic mass is 32.1. The van der Waals surface area contributed by atoms with Crippen LogP contribution >= 0.6 is 12.2 Å². The topological polar surface area (TPSA) is 46.8 Å². The number of azo groups is 1. The van der Waals surface area contributed by atoms with Crippen LogP contribution in [0.3, 0.4) is 0 Å². The normalized spacial score (nSPS) is 21.0. The molecule has 0 N–H and O–H groups in total. The van der Waals surface area contributed by atoms with Crippen molar-refractivity contribution in [3.8, 4) is 0 Å². The summed E-state index contributed by atoms with van der Waals surface area (Å²) in [5, 5.41) is 7.59. The lowest BCUT2D eigenvalue weighted by Crippen LogP contribution is -1.98. The summed E-state index contributed by atoms with van der Waals surface area (Å²) < 4.78 is 5.11. The summed E-state index contributed by atoms with van der Waals surface area (Å²) in [6.07, 6.45) is 2.97. The number of ether oxygens (including phenoxy) is 1. The van der Waals surface area contributed by atoms with E-state index in [-0.39, 0.29) is 5.17 Å². The molecule has 0 spiro atoms. The van der Waals surface area contributed by atoms with Crippen LogP contribution in [0.15, 0.2) is 34.8 Å². The summed E-state index contributed by atoms with van der Waals surface area (Å²) >= 11 is 4.69. The van der Waals surface area contributed by atoms with Gasteiger partial charge in [0, 0.05) is 18.0 Å². The molecular weight excluding hydrogens is 174 g/mol. The summed E-state index contributed by atoms with van der Waals surface area (Å²) in [5.41, 5.74) is 0.862. The first-order valence-electron chi connectivity index (χ1n) is 3.37. The van der Waals surface area contributed by atoms with Crippen molar-refractivity contribution in [3.05, 3.63) is 30.1 Å². The van der Waals surface area contributed by atoms with E-state index in [0.717, 1.165) is 5.56 Å². The molecule has 5 heteroatoms. The Bertz CT molecular complexity index is 325. The van der Waals surface area contributed by atoms with Crippen molar-refractivity contribution in [1.29, 1.82) is 0 Å². The third-order valence-electron chi connectivity index (χ3n) is 1.43. The summed E-state index contributed by atoms with van der Waals surface area (Å²) in [6, 6.07) is 3.68. The van der Waals surface area contributed by atoms with E-state index in [0.29, 0.717) is 0 Å². The number of nitrogens with zero attached hydrogens (tertiary/aromatic N) is 3. The highest BCUT2D eigenvalue weighted by Gasteiger charge is 2.18. The Balaban J connectivity index is 2.23. The molecule has 1 aliphatic rings. The summed E-state index contributed by atoms with van der Waals surface area (Å²) in [7, 11) is 0. The van der Waals surface area contributed by atoms with Gasteiger partial charge in [-0.25, -0.2) is 0 Å². The van der Waals surface area contributed by atoms with Crippen LogP contribution in [0.4, 0.5) is 0 Å². The number of rotatable bonds is 1. The molecule has 12 heavy (non-hydrogen) atoms. The average molecular weight is 179 g/mol. The van der Waals surface area contributed by atoms with E-state index < -0.39 is 6.23 Å². The summed E-state index contributed by atoms with van der Waals surface area (Å²) in [5.74, 6) is 0. The van der Waals surface area contributed by atoms with Crippen LogP contribution < -0.4 is 0 Å². The fourth-order valence-corrected chi connectivity index (χ4v) is 1.04. The summed E-state index contributed by atoms with van der Waals surface area (Å²) in [6.45, 7) is 0. The molecular formula is C7H5N3OS. The Morgan fingerprint density at radius 2 is 2.42 bits per heavy atom. The molecule has 0 saturated heterocycles. The highest BCUT2D eigenvalue weighted by Crippen LogP contribution is 2.23. The third-order valence-corrected chi connectivity index (χ3v) is 1.60. The molecule has 0 fully saturated rings.